The van der Waals surface area contributed by atoms with Crippen LogP contribution in [-0.2, 0) is 0 Å². The second-order valence-electron chi connectivity index (χ2n) is 5.77. The largest absolute Gasteiger partial charge is 0.396 e. The SMILES string of the molecule is OCCCNc1cc(NC2CC2)nc2cc(-c3ccn[nH]3)sc12. The molecule has 0 saturated heterocycles. The van der Waals surface area contributed by atoms with E-state index in [2.05, 4.69) is 33.0 Å². The van der Waals surface area contributed by atoms with Gasteiger partial charge in [-0.2, -0.15) is 5.10 Å². The fourth-order valence-electron chi connectivity index (χ4n) is 2.49. The average Bonchev–Trinajstić information content (AvgIpc) is 3.04. The van der Waals surface area contributed by atoms with E-state index in [0.29, 0.717) is 6.04 Å². The molecule has 0 aromatic carbocycles. The predicted octanol–water partition coefficient (Wildman–Crippen LogP) is 3.06. The van der Waals surface area contributed by atoms with Crippen molar-refractivity contribution in [2.45, 2.75) is 25.3 Å². The van der Waals surface area contributed by atoms with Crippen LogP contribution < -0.4 is 10.6 Å². The molecule has 23 heavy (non-hydrogen) atoms. The number of hydrogen-bond donors (Lipinski definition) is 4. The fourth-order valence-corrected chi connectivity index (χ4v) is 3.56. The van der Waals surface area contributed by atoms with Crippen molar-refractivity contribution in [2.75, 3.05) is 23.8 Å². The molecule has 1 saturated carbocycles. The van der Waals surface area contributed by atoms with Gasteiger partial charge >= 0.3 is 0 Å². The molecule has 3 aromatic rings. The first-order valence-electron chi connectivity index (χ1n) is 7.89. The molecule has 1 aliphatic rings. The number of pyridine rings is 1. The Bertz CT molecular complexity index is 794. The van der Waals surface area contributed by atoms with Crippen LogP contribution >= 0.6 is 11.3 Å². The van der Waals surface area contributed by atoms with Gasteiger partial charge in [0.25, 0.3) is 0 Å². The predicted molar refractivity (Wildman–Crippen MR) is 94.0 cm³/mol. The highest BCUT2D eigenvalue weighted by atomic mass is 32.1. The summed E-state index contributed by atoms with van der Waals surface area (Å²) in [4.78, 5) is 5.87. The van der Waals surface area contributed by atoms with E-state index in [9.17, 15) is 0 Å². The molecule has 0 aliphatic heterocycles. The van der Waals surface area contributed by atoms with Gasteiger partial charge in [0.15, 0.2) is 0 Å². The minimum atomic E-state index is 0.193. The lowest BCUT2D eigenvalue weighted by molar-refractivity contribution is 0.292. The lowest BCUT2D eigenvalue weighted by Gasteiger charge is -2.10. The average molecular weight is 329 g/mol. The maximum atomic E-state index is 9.00. The van der Waals surface area contributed by atoms with Gasteiger partial charge in [0.2, 0.25) is 0 Å². The molecule has 0 bridgehead atoms. The van der Waals surface area contributed by atoms with E-state index >= 15 is 0 Å². The number of hydrogen-bond acceptors (Lipinski definition) is 6. The monoisotopic (exact) mass is 329 g/mol. The molecule has 0 unspecified atom stereocenters. The van der Waals surface area contributed by atoms with Crippen molar-refractivity contribution >= 4 is 33.1 Å². The minimum absolute atomic E-state index is 0.193. The number of nitrogens with one attached hydrogen (secondary N) is 3. The summed E-state index contributed by atoms with van der Waals surface area (Å²) in [6.07, 6.45) is 4.92. The van der Waals surface area contributed by atoms with Crippen LogP contribution in [0.5, 0.6) is 0 Å². The molecule has 1 aliphatic carbocycles. The highest BCUT2D eigenvalue weighted by Crippen LogP contribution is 2.38. The van der Waals surface area contributed by atoms with Crippen LogP contribution in [0.15, 0.2) is 24.4 Å². The Morgan fingerprint density at radius 3 is 3.00 bits per heavy atom. The van der Waals surface area contributed by atoms with E-state index in [0.717, 1.165) is 45.3 Å². The van der Waals surface area contributed by atoms with Crippen LogP contribution in [0.2, 0.25) is 0 Å². The molecule has 0 atom stereocenters. The molecule has 0 radical (unpaired) electrons. The zero-order valence-electron chi connectivity index (χ0n) is 12.7. The first-order valence-corrected chi connectivity index (χ1v) is 8.71. The molecule has 7 heteroatoms. The Morgan fingerprint density at radius 2 is 2.26 bits per heavy atom. The summed E-state index contributed by atoms with van der Waals surface area (Å²) < 4.78 is 1.13. The highest BCUT2D eigenvalue weighted by Gasteiger charge is 2.22. The Kier molecular flexibility index (Phi) is 3.88. The smallest absolute Gasteiger partial charge is 0.129 e. The summed E-state index contributed by atoms with van der Waals surface area (Å²) in [5, 5.41) is 22.9. The van der Waals surface area contributed by atoms with Gasteiger partial charge in [-0.15, -0.1) is 11.3 Å². The topological polar surface area (TPSA) is 85.9 Å². The van der Waals surface area contributed by atoms with Gasteiger partial charge in [-0.05, 0) is 31.4 Å². The minimum Gasteiger partial charge on any atom is -0.396 e. The highest BCUT2D eigenvalue weighted by molar-refractivity contribution is 7.22. The van der Waals surface area contributed by atoms with Crippen LogP contribution in [0, 0.1) is 0 Å². The third-order valence-electron chi connectivity index (χ3n) is 3.82. The Morgan fingerprint density at radius 1 is 1.35 bits per heavy atom. The number of thiophene rings is 1. The van der Waals surface area contributed by atoms with Crippen molar-refractivity contribution in [1.82, 2.24) is 15.2 Å². The van der Waals surface area contributed by atoms with Gasteiger partial charge in [0.05, 0.1) is 26.5 Å². The number of fused-ring (bicyclic) bond motifs is 1. The van der Waals surface area contributed by atoms with E-state index < -0.39 is 0 Å². The molecule has 6 nitrogen and oxygen atoms in total. The summed E-state index contributed by atoms with van der Waals surface area (Å²) in [7, 11) is 0. The van der Waals surface area contributed by atoms with Crippen LogP contribution in [0.1, 0.15) is 19.3 Å². The van der Waals surface area contributed by atoms with Gasteiger partial charge < -0.3 is 15.7 Å². The maximum Gasteiger partial charge on any atom is 0.129 e. The zero-order chi connectivity index (χ0) is 15.6. The number of aliphatic hydroxyl groups is 1. The van der Waals surface area contributed by atoms with E-state index in [-0.39, 0.29) is 6.61 Å². The number of rotatable bonds is 7. The maximum absolute atomic E-state index is 9.00. The Labute approximate surface area is 138 Å². The summed E-state index contributed by atoms with van der Waals surface area (Å²) in [5.74, 6) is 0.917. The number of aromatic amines is 1. The van der Waals surface area contributed by atoms with Gasteiger partial charge in [-0.1, -0.05) is 0 Å². The first kappa shape index (κ1) is 14.5. The van der Waals surface area contributed by atoms with Crippen LogP contribution in [0.4, 0.5) is 11.5 Å². The number of H-pyrrole nitrogens is 1. The van der Waals surface area contributed by atoms with Crippen molar-refractivity contribution in [3.8, 4) is 10.6 Å². The molecule has 3 aromatic heterocycles. The van der Waals surface area contributed by atoms with Crippen molar-refractivity contribution in [1.29, 1.82) is 0 Å². The van der Waals surface area contributed by atoms with Gasteiger partial charge in [0.1, 0.15) is 5.82 Å². The zero-order valence-corrected chi connectivity index (χ0v) is 13.5. The molecule has 0 spiro atoms. The number of anilines is 2. The first-order chi connectivity index (χ1) is 11.3. The van der Waals surface area contributed by atoms with Crippen LogP contribution in [-0.4, -0.2) is 39.5 Å². The third-order valence-corrected chi connectivity index (χ3v) is 5.02. The van der Waals surface area contributed by atoms with Gasteiger partial charge in [-0.3, -0.25) is 5.10 Å². The second-order valence-corrected chi connectivity index (χ2v) is 6.83. The Balaban J connectivity index is 1.72. The molecule has 4 rings (SSSR count). The van der Waals surface area contributed by atoms with E-state index in [1.807, 2.05) is 6.07 Å². The fraction of sp³-hybridized carbons (Fsp3) is 0.375. The molecular weight excluding hydrogens is 310 g/mol. The molecular formula is C16H19N5OS. The normalized spacial score (nSPS) is 14.3. The summed E-state index contributed by atoms with van der Waals surface area (Å²) in [6, 6.07) is 6.71. The molecule has 120 valence electrons. The molecule has 3 heterocycles. The lowest BCUT2D eigenvalue weighted by Crippen LogP contribution is -2.06. The van der Waals surface area contributed by atoms with Crippen molar-refractivity contribution < 1.29 is 5.11 Å². The van der Waals surface area contributed by atoms with Crippen LogP contribution in [0.25, 0.3) is 20.8 Å². The van der Waals surface area contributed by atoms with Gasteiger partial charge in [-0.25, -0.2) is 4.98 Å². The van der Waals surface area contributed by atoms with Crippen molar-refractivity contribution in [3.63, 3.8) is 0 Å². The van der Waals surface area contributed by atoms with Crippen LogP contribution in [0.3, 0.4) is 0 Å². The number of aliphatic hydroxyl groups excluding tert-OH is 1. The third kappa shape index (κ3) is 3.16. The summed E-state index contributed by atoms with van der Waals surface area (Å²) >= 11 is 1.70. The lowest BCUT2D eigenvalue weighted by atomic mass is 10.3. The molecule has 0 amide bonds. The van der Waals surface area contributed by atoms with E-state index in [1.54, 1.807) is 17.5 Å². The standard InChI is InChI=1S/C16H19N5OS/c22-7-1-5-17-12-9-15(19-10-2-3-10)20-13-8-14(23-16(12)13)11-4-6-18-21-11/h4,6,8-10,22H,1-3,5,7H2,(H,18,21)(H2,17,19,20). The molecule has 1 fully saturated rings. The summed E-state index contributed by atoms with van der Waals surface area (Å²) in [5.41, 5.74) is 3.06. The Hall–Kier alpha value is -2.12. The second kappa shape index (κ2) is 6.17. The number of nitrogens with zero attached hydrogens (tertiary/aromatic N) is 2. The van der Waals surface area contributed by atoms with E-state index in [4.69, 9.17) is 10.1 Å². The van der Waals surface area contributed by atoms with Gasteiger partial charge in [0, 0.05) is 31.5 Å². The van der Waals surface area contributed by atoms with E-state index in [1.165, 1.54) is 12.8 Å². The molecule has 4 N–H and O–H groups in total. The quantitative estimate of drug-likeness (QED) is 0.501. The summed E-state index contributed by atoms with van der Waals surface area (Å²) in [6.45, 7) is 0.939. The van der Waals surface area contributed by atoms with Crippen molar-refractivity contribution in [3.05, 3.63) is 24.4 Å². The van der Waals surface area contributed by atoms with Crippen molar-refractivity contribution in [2.24, 2.45) is 0 Å². The number of aromatic nitrogens is 3.